The van der Waals surface area contributed by atoms with E-state index in [-0.39, 0.29) is 11.6 Å². The lowest BCUT2D eigenvalue weighted by Gasteiger charge is -2.32. The Balaban J connectivity index is 1.60. The summed E-state index contributed by atoms with van der Waals surface area (Å²) in [6.45, 7) is 5.29. The molecule has 1 aliphatic heterocycles. The van der Waals surface area contributed by atoms with Crippen molar-refractivity contribution in [2.24, 2.45) is 0 Å². The molecule has 1 fully saturated rings. The number of rotatable bonds is 4. The third-order valence-electron chi connectivity index (χ3n) is 5.22. The molecule has 0 saturated carbocycles. The maximum atomic E-state index is 13.0. The summed E-state index contributed by atoms with van der Waals surface area (Å²) in [6.07, 6.45) is -2.86. The molecular formula is C21H22F3N7O. The van der Waals surface area contributed by atoms with Crippen molar-refractivity contribution in [2.75, 3.05) is 43.4 Å². The van der Waals surface area contributed by atoms with Crippen LogP contribution in [-0.4, -0.2) is 58.1 Å². The zero-order valence-corrected chi connectivity index (χ0v) is 17.6. The van der Waals surface area contributed by atoms with Crippen LogP contribution >= 0.6 is 0 Å². The number of aryl methyl sites for hydroxylation is 1. The number of benzene rings is 1. The number of halogens is 3. The van der Waals surface area contributed by atoms with E-state index in [2.05, 4.69) is 42.1 Å². The Labute approximate surface area is 182 Å². The van der Waals surface area contributed by atoms with Crippen molar-refractivity contribution >= 4 is 17.6 Å². The molecule has 0 atom stereocenters. The Morgan fingerprint density at radius 2 is 1.84 bits per heavy atom. The SMILES string of the molecule is Cc1nc(N2CCN(C)CC2)ncc1-c1cc(=O)[nH]c(Nc2cccc(C(F)(F)F)c2)n1. The average Bonchev–Trinajstić information content (AvgIpc) is 2.73. The van der Waals surface area contributed by atoms with Gasteiger partial charge in [0, 0.05) is 49.7 Å². The number of anilines is 3. The molecule has 0 spiro atoms. The molecule has 0 unspecified atom stereocenters. The second-order valence-electron chi connectivity index (χ2n) is 7.64. The topological polar surface area (TPSA) is 90.0 Å². The van der Waals surface area contributed by atoms with E-state index in [0.29, 0.717) is 22.9 Å². The Bertz CT molecular complexity index is 1170. The van der Waals surface area contributed by atoms with E-state index in [9.17, 15) is 18.0 Å². The molecular weight excluding hydrogens is 423 g/mol. The molecule has 2 aromatic heterocycles. The first kappa shape index (κ1) is 21.8. The van der Waals surface area contributed by atoms with Crippen LogP contribution in [0.4, 0.5) is 30.8 Å². The molecule has 3 heterocycles. The molecule has 0 aliphatic carbocycles. The fourth-order valence-corrected chi connectivity index (χ4v) is 3.43. The number of H-pyrrole nitrogens is 1. The first-order valence-corrected chi connectivity index (χ1v) is 10.0. The van der Waals surface area contributed by atoms with Crippen molar-refractivity contribution in [1.29, 1.82) is 0 Å². The van der Waals surface area contributed by atoms with Crippen molar-refractivity contribution in [2.45, 2.75) is 13.1 Å². The van der Waals surface area contributed by atoms with Crippen LogP contribution in [0.15, 0.2) is 41.3 Å². The number of hydrogen-bond acceptors (Lipinski definition) is 7. The highest BCUT2D eigenvalue weighted by atomic mass is 19.4. The third kappa shape index (κ3) is 4.88. The molecule has 4 rings (SSSR count). The molecule has 11 heteroatoms. The van der Waals surface area contributed by atoms with Crippen molar-refractivity contribution in [3.05, 3.63) is 58.1 Å². The minimum Gasteiger partial charge on any atom is -0.338 e. The minimum atomic E-state index is -4.47. The van der Waals surface area contributed by atoms with Gasteiger partial charge in [-0.2, -0.15) is 13.2 Å². The predicted molar refractivity (Wildman–Crippen MR) is 115 cm³/mol. The van der Waals surface area contributed by atoms with Gasteiger partial charge in [0.1, 0.15) is 0 Å². The number of hydrogen-bond donors (Lipinski definition) is 2. The van der Waals surface area contributed by atoms with Crippen LogP contribution in [0.5, 0.6) is 0 Å². The second-order valence-corrected chi connectivity index (χ2v) is 7.64. The van der Waals surface area contributed by atoms with E-state index in [1.807, 2.05) is 0 Å². The summed E-state index contributed by atoms with van der Waals surface area (Å²) in [6, 6.07) is 5.97. The first-order valence-electron chi connectivity index (χ1n) is 10.0. The van der Waals surface area contributed by atoms with Gasteiger partial charge in [-0.1, -0.05) is 6.07 Å². The maximum absolute atomic E-state index is 13.0. The zero-order valence-electron chi connectivity index (χ0n) is 17.6. The monoisotopic (exact) mass is 445 g/mol. The van der Waals surface area contributed by atoms with Gasteiger partial charge in [0.2, 0.25) is 11.9 Å². The molecule has 32 heavy (non-hydrogen) atoms. The summed E-state index contributed by atoms with van der Waals surface area (Å²) in [5, 5.41) is 2.73. The predicted octanol–water partition coefficient (Wildman–Crippen LogP) is 3.05. The highest BCUT2D eigenvalue weighted by molar-refractivity contribution is 5.64. The lowest BCUT2D eigenvalue weighted by Crippen LogP contribution is -2.45. The molecule has 2 N–H and O–H groups in total. The van der Waals surface area contributed by atoms with E-state index in [1.54, 1.807) is 13.1 Å². The molecule has 0 bridgehead atoms. The zero-order chi connectivity index (χ0) is 22.9. The molecule has 3 aromatic rings. The Hall–Kier alpha value is -3.47. The summed E-state index contributed by atoms with van der Waals surface area (Å²) in [5.41, 5.74) is 0.444. The normalized spacial score (nSPS) is 15.1. The maximum Gasteiger partial charge on any atom is 0.416 e. The number of aromatic amines is 1. The number of alkyl halides is 3. The highest BCUT2D eigenvalue weighted by Gasteiger charge is 2.30. The fraction of sp³-hybridized carbons (Fsp3) is 0.333. The molecule has 0 radical (unpaired) electrons. The number of nitrogens with one attached hydrogen (secondary N) is 2. The van der Waals surface area contributed by atoms with Crippen LogP contribution in [-0.2, 0) is 6.18 Å². The van der Waals surface area contributed by atoms with Gasteiger partial charge >= 0.3 is 6.18 Å². The van der Waals surface area contributed by atoms with Crippen molar-refractivity contribution < 1.29 is 13.2 Å². The number of nitrogens with zero attached hydrogens (tertiary/aromatic N) is 5. The van der Waals surface area contributed by atoms with Gasteiger partial charge in [-0.05, 0) is 32.2 Å². The van der Waals surface area contributed by atoms with Gasteiger partial charge < -0.3 is 15.1 Å². The number of piperazine rings is 1. The van der Waals surface area contributed by atoms with Crippen LogP contribution in [0.25, 0.3) is 11.3 Å². The van der Waals surface area contributed by atoms with Crippen LogP contribution in [0.3, 0.4) is 0 Å². The highest BCUT2D eigenvalue weighted by Crippen LogP contribution is 2.31. The number of likely N-dealkylation sites (N-methyl/N-ethyl adjacent to an activating group) is 1. The van der Waals surface area contributed by atoms with Gasteiger partial charge in [0.25, 0.3) is 5.56 Å². The van der Waals surface area contributed by atoms with Crippen molar-refractivity contribution in [3.8, 4) is 11.3 Å². The molecule has 168 valence electrons. The summed E-state index contributed by atoms with van der Waals surface area (Å²) in [4.78, 5) is 32.4. The van der Waals surface area contributed by atoms with Gasteiger partial charge in [0.15, 0.2) is 0 Å². The van der Waals surface area contributed by atoms with Crippen LogP contribution in [0, 0.1) is 6.92 Å². The summed E-state index contributed by atoms with van der Waals surface area (Å²) in [7, 11) is 2.07. The van der Waals surface area contributed by atoms with E-state index >= 15 is 0 Å². The molecule has 8 nitrogen and oxygen atoms in total. The molecule has 1 saturated heterocycles. The summed E-state index contributed by atoms with van der Waals surface area (Å²) >= 11 is 0. The Morgan fingerprint density at radius 3 is 2.53 bits per heavy atom. The number of aromatic nitrogens is 4. The van der Waals surface area contributed by atoms with Crippen LogP contribution < -0.4 is 15.8 Å². The van der Waals surface area contributed by atoms with Crippen LogP contribution in [0.2, 0.25) is 0 Å². The Kier molecular flexibility index (Phi) is 5.83. The van der Waals surface area contributed by atoms with E-state index in [0.717, 1.165) is 38.3 Å². The minimum absolute atomic E-state index is 0.0226. The quantitative estimate of drug-likeness (QED) is 0.638. The van der Waals surface area contributed by atoms with E-state index in [4.69, 9.17) is 0 Å². The summed E-state index contributed by atoms with van der Waals surface area (Å²) in [5.74, 6) is 0.640. The molecule has 1 aromatic carbocycles. The van der Waals surface area contributed by atoms with Gasteiger partial charge in [-0.3, -0.25) is 9.78 Å². The van der Waals surface area contributed by atoms with Gasteiger partial charge in [-0.25, -0.2) is 15.0 Å². The summed E-state index contributed by atoms with van der Waals surface area (Å²) < 4.78 is 38.9. The first-order chi connectivity index (χ1) is 15.2. The van der Waals surface area contributed by atoms with Crippen LogP contribution in [0.1, 0.15) is 11.3 Å². The lowest BCUT2D eigenvalue weighted by atomic mass is 10.1. The average molecular weight is 445 g/mol. The Morgan fingerprint density at radius 1 is 1.09 bits per heavy atom. The largest absolute Gasteiger partial charge is 0.416 e. The third-order valence-corrected chi connectivity index (χ3v) is 5.22. The fourth-order valence-electron chi connectivity index (χ4n) is 3.43. The van der Waals surface area contributed by atoms with E-state index < -0.39 is 17.3 Å². The molecule has 1 aliphatic rings. The van der Waals surface area contributed by atoms with Crippen molar-refractivity contribution in [3.63, 3.8) is 0 Å². The van der Waals surface area contributed by atoms with Gasteiger partial charge in [-0.15, -0.1) is 0 Å². The van der Waals surface area contributed by atoms with E-state index in [1.165, 1.54) is 18.2 Å². The van der Waals surface area contributed by atoms with Crippen molar-refractivity contribution in [1.82, 2.24) is 24.8 Å². The standard InChI is InChI=1S/C21H22F3N7O/c1-13-16(12-25-20(26-13)31-8-6-30(2)7-9-31)17-11-18(32)29-19(28-17)27-15-5-3-4-14(10-15)21(22,23)24/h3-5,10-12H,6-9H2,1-2H3,(H2,27,28,29,32). The molecule has 0 amide bonds. The lowest BCUT2D eigenvalue weighted by molar-refractivity contribution is -0.137. The van der Waals surface area contributed by atoms with Gasteiger partial charge in [0.05, 0.1) is 17.0 Å². The smallest absolute Gasteiger partial charge is 0.338 e. The second kappa shape index (κ2) is 8.58.